The average molecular weight is 301 g/mol. The Hall–Kier alpha value is -1.91. The minimum Gasteiger partial charge on any atom is -0.345 e. The minimum absolute atomic E-state index is 0.162. The van der Waals surface area contributed by atoms with Crippen molar-refractivity contribution in [3.8, 4) is 0 Å². The van der Waals surface area contributed by atoms with Gasteiger partial charge < -0.3 is 9.80 Å². The van der Waals surface area contributed by atoms with Gasteiger partial charge in [0.05, 0.1) is 5.41 Å². The van der Waals surface area contributed by atoms with Crippen LogP contribution in [0.4, 0.5) is 0 Å². The summed E-state index contributed by atoms with van der Waals surface area (Å²) in [6.45, 7) is 2.16. The Morgan fingerprint density at radius 1 is 1.27 bits per heavy atom. The van der Waals surface area contributed by atoms with Crippen LogP contribution in [0.5, 0.6) is 0 Å². The number of amides is 2. The van der Waals surface area contributed by atoms with E-state index in [1.165, 1.54) is 0 Å². The van der Waals surface area contributed by atoms with Gasteiger partial charge in [0.1, 0.15) is 0 Å². The van der Waals surface area contributed by atoms with Crippen LogP contribution >= 0.6 is 0 Å². The summed E-state index contributed by atoms with van der Waals surface area (Å²) in [6, 6.07) is 3.89. The zero-order valence-electron chi connectivity index (χ0n) is 13.1. The molecule has 2 aliphatic rings. The molecule has 1 atom stereocenters. The van der Waals surface area contributed by atoms with E-state index in [1.807, 2.05) is 29.0 Å². The topological polar surface area (TPSA) is 53.5 Å². The minimum atomic E-state index is -0.306. The third-order valence-corrected chi connectivity index (χ3v) is 5.03. The number of pyridine rings is 1. The monoisotopic (exact) mass is 301 g/mol. The second-order valence-corrected chi connectivity index (χ2v) is 6.53. The molecule has 2 amide bonds. The van der Waals surface area contributed by atoms with Crippen LogP contribution in [0.1, 0.15) is 31.2 Å². The van der Waals surface area contributed by atoms with Crippen molar-refractivity contribution in [2.75, 3.05) is 26.7 Å². The molecule has 5 nitrogen and oxygen atoms in total. The molecule has 3 rings (SSSR count). The van der Waals surface area contributed by atoms with Gasteiger partial charge in [0.2, 0.25) is 11.8 Å². The zero-order chi connectivity index (χ0) is 15.6. The number of carbonyl (C=O) groups is 2. The van der Waals surface area contributed by atoms with Gasteiger partial charge in [0.25, 0.3) is 0 Å². The first-order valence-electron chi connectivity index (χ1n) is 8.03. The second-order valence-electron chi connectivity index (χ2n) is 6.53. The van der Waals surface area contributed by atoms with Crippen molar-refractivity contribution in [1.82, 2.24) is 14.8 Å². The Kier molecular flexibility index (Phi) is 4.14. The Morgan fingerprint density at radius 2 is 2.05 bits per heavy atom. The number of carbonyl (C=O) groups excluding carboxylic acids is 2. The lowest BCUT2D eigenvalue weighted by Gasteiger charge is -2.37. The van der Waals surface area contributed by atoms with Gasteiger partial charge in [0.15, 0.2) is 0 Å². The smallest absolute Gasteiger partial charge is 0.230 e. The predicted octanol–water partition coefficient (Wildman–Crippen LogP) is 1.49. The molecule has 0 saturated carbocycles. The number of aromatic nitrogens is 1. The zero-order valence-corrected chi connectivity index (χ0v) is 13.1. The Morgan fingerprint density at radius 3 is 2.82 bits per heavy atom. The summed E-state index contributed by atoms with van der Waals surface area (Å²) in [6.07, 6.45) is 7.52. The SMILES string of the molecule is CN1CCC[C@]2(CCN(C(=O)CCc3ccncc3)C2)C1=O. The van der Waals surface area contributed by atoms with Gasteiger partial charge in [0, 0.05) is 45.5 Å². The molecule has 2 saturated heterocycles. The Balaban J connectivity index is 1.58. The fourth-order valence-electron chi connectivity index (χ4n) is 3.69. The summed E-state index contributed by atoms with van der Waals surface area (Å²) in [5, 5.41) is 0. The van der Waals surface area contributed by atoms with Crippen molar-refractivity contribution in [2.24, 2.45) is 5.41 Å². The van der Waals surface area contributed by atoms with Crippen LogP contribution in [0, 0.1) is 5.41 Å². The summed E-state index contributed by atoms with van der Waals surface area (Å²) >= 11 is 0. The molecule has 2 fully saturated rings. The van der Waals surface area contributed by atoms with E-state index in [9.17, 15) is 9.59 Å². The molecule has 5 heteroatoms. The molecule has 3 heterocycles. The van der Waals surface area contributed by atoms with Crippen LogP contribution in [0.25, 0.3) is 0 Å². The molecule has 0 aromatic carbocycles. The fraction of sp³-hybridized carbons (Fsp3) is 0.588. The maximum atomic E-state index is 12.5. The quantitative estimate of drug-likeness (QED) is 0.850. The first-order valence-corrected chi connectivity index (χ1v) is 8.03. The van der Waals surface area contributed by atoms with Crippen LogP contribution in [0.15, 0.2) is 24.5 Å². The number of aryl methyl sites for hydroxylation is 1. The second kappa shape index (κ2) is 6.07. The van der Waals surface area contributed by atoms with Gasteiger partial charge in [-0.05, 0) is 43.4 Å². The fourth-order valence-corrected chi connectivity index (χ4v) is 3.69. The largest absolute Gasteiger partial charge is 0.345 e. The number of hydrogen-bond donors (Lipinski definition) is 0. The third-order valence-electron chi connectivity index (χ3n) is 5.03. The molecule has 0 bridgehead atoms. The van der Waals surface area contributed by atoms with E-state index in [-0.39, 0.29) is 17.2 Å². The van der Waals surface area contributed by atoms with Crippen LogP contribution < -0.4 is 0 Å². The molecular formula is C17H23N3O2. The predicted molar refractivity (Wildman–Crippen MR) is 83.1 cm³/mol. The molecule has 1 spiro atoms. The van der Waals surface area contributed by atoms with Crippen LogP contribution in [0.2, 0.25) is 0 Å². The first kappa shape index (κ1) is 15.0. The molecule has 0 unspecified atom stereocenters. The highest BCUT2D eigenvalue weighted by atomic mass is 16.2. The van der Waals surface area contributed by atoms with Crippen molar-refractivity contribution in [3.05, 3.63) is 30.1 Å². The molecule has 118 valence electrons. The van der Waals surface area contributed by atoms with E-state index in [4.69, 9.17) is 0 Å². The van der Waals surface area contributed by atoms with Crippen LogP contribution in [0.3, 0.4) is 0 Å². The van der Waals surface area contributed by atoms with Gasteiger partial charge in [-0.15, -0.1) is 0 Å². The molecular weight excluding hydrogens is 278 g/mol. The van der Waals surface area contributed by atoms with Crippen molar-refractivity contribution >= 4 is 11.8 Å². The summed E-state index contributed by atoms with van der Waals surface area (Å²) in [5.41, 5.74) is 0.824. The molecule has 0 aliphatic carbocycles. The molecule has 1 aromatic heterocycles. The van der Waals surface area contributed by atoms with E-state index < -0.39 is 0 Å². The number of rotatable bonds is 3. The van der Waals surface area contributed by atoms with Gasteiger partial charge in [-0.1, -0.05) is 0 Å². The van der Waals surface area contributed by atoms with Crippen molar-refractivity contribution in [1.29, 1.82) is 0 Å². The van der Waals surface area contributed by atoms with E-state index in [1.54, 1.807) is 12.4 Å². The first-order chi connectivity index (χ1) is 10.6. The van der Waals surface area contributed by atoms with E-state index in [0.29, 0.717) is 13.0 Å². The van der Waals surface area contributed by atoms with Crippen molar-refractivity contribution < 1.29 is 9.59 Å². The Labute approximate surface area is 131 Å². The number of likely N-dealkylation sites (tertiary alicyclic amines) is 2. The van der Waals surface area contributed by atoms with Crippen molar-refractivity contribution in [2.45, 2.75) is 32.1 Å². The normalized spacial score (nSPS) is 25.0. The molecule has 22 heavy (non-hydrogen) atoms. The number of piperidine rings is 1. The van der Waals surface area contributed by atoms with Gasteiger partial charge in [-0.2, -0.15) is 0 Å². The standard InChI is InChI=1S/C17H23N3O2/c1-19-11-2-7-17(16(19)22)8-12-20(13-17)15(21)4-3-14-5-9-18-10-6-14/h5-6,9-10H,2-4,7-8,11-13H2,1H3/t17-/m1/s1. The lowest BCUT2D eigenvalue weighted by Crippen LogP contribution is -2.48. The average Bonchev–Trinajstić information content (AvgIpc) is 2.97. The molecule has 0 radical (unpaired) electrons. The van der Waals surface area contributed by atoms with Crippen molar-refractivity contribution in [3.63, 3.8) is 0 Å². The third kappa shape index (κ3) is 2.85. The van der Waals surface area contributed by atoms with E-state index >= 15 is 0 Å². The molecule has 0 N–H and O–H groups in total. The highest BCUT2D eigenvalue weighted by Gasteiger charge is 2.48. The molecule has 1 aromatic rings. The Bertz CT molecular complexity index is 560. The highest BCUT2D eigenvalue weighted by Crippen LogP contribution is 2.39. The summed E-state index contributed by atoms with van der Waals surface area (Å²) in [5.74, 6) is 0.387. The molecule has 2 aliphatic heterocycles. The summed E-state index contributed by atoms with van der Waals surface area (Å²) in [7, 11) is 1.87. The van der Waals surface area contributed by atoms with E-state index in [0.717, 1.165) is 44.3 Å². The summed E-state index contributed by atoms with van der Waals surface area (Å²) in [4.78, 5) is 32.6. The summed E-state index contributed by atoms with van der Waals surface area (Å²) < 4.78 is 0. The highest BCUT2D eigenvalue weighted by molar-refractivity contribution is 5.86. The number of hydrogen-bond acceptors (Lipinski definition) is 3. The van der Waals surface area contributed by atoms with Gasteiger partial charge in [-0.25, -0.2) is 0 Å². The lowest BCUT2D eigenvalue weighted by atomic mass is 9.78. The number of nitrogens with zero attached hydrogens (tertiary/aromatic N) is 3. The van der Waals surface area contributed by atoms with Crippen LogP contribution in [-0.2, 0) is 16.0 Å². The maximum Gasteiger partial charge on any atom is 0.230 e. The van der Waals surface area contributed by atoms with E-state index in [2.05, 4.69) is 4.98 Å². The lowest BCUT2D eigenvalue weighted by molar-refractivity contribution is -0.144. The van der Waals surface area contributed by atoms with Crippen LogP contribution in [-0.4, -0.2) is 53.3 Å². The van der Waals surface area contributed by atoms with Gasteiger partial charge in [-0.3, -0.25) is 14.6 Å². The van der Waals surface area contributed by atoms with Gasteiger partial charge >= 0.3 is 0 Å². The maximum absolute atomic E-state index is 12.5.